The van der Waals surface area contributed by atoms with Crippen LogP contribution in [0.15, 0.2) is 17.5 Å². The van der Waals surface area contributed by atoms with Gasteiger partial charge in [0.15, 0.2) is 5.13 Å². The highest BCUT2D eigenvalue weighted by Gasteiger charge is 2.14. The van der Waals surface area contributed by atoms with Crippen LogP contribution in [-0.2, 0) is 11.2 Å². The quantitative estimate of drug-likeness (QED) is 0.636. The third-order valence-corrected chi connectivity index (χ3v) is 5.57. The highest BCUT2D eigenvalue weighted by Crippen LogP contribution is 2.32. The number of methoxy groups -OCH3 is 1. The molecule has 0 bridgehead atoms. The van der Waals surface area contributed by atoms with E-state index in [2.05, 4.69) is 26.3 Å². The number of carbonyl (C=O) groups excluding carboxylic acids is 1. The fraction of sp³-hybridized carbons (Fsp3) is 0.333. The zero-order chi connectivity index (χ0) is 21.1. The molecule has 2 aromatic heterocycles. The number of hydrogen-bond acceptors (Lipinski definition) is 7. The Morgan fingerprint density at radius 2 is 1.79 bits per heavy atom. The van der Waals surface area contributed by atoms with Crippen molar-refractivity contribution >= 4 is 28.3 Å². The van der Waals surface area contributed by atoms with Gasteiger partial charge in [0, 0.05) is 28.8 Å². The van der Waals surface area contributed by atoms with Gasteiger partial charge in [-0.15, -0.1) is 11.3 Å². The van der Waals surface area contributed by atoms with Crippen molar-refractivity contribution in [1.29, 1.82) is 0 Å². The van der Waals surface area contributed by atoms with Crippen LogP contribution in [0, 0.1) is 27.7 Å². The van der Waals surface area contributed by atoms with Crippen LogP contribution in [0.25, 0.3) is 11.3 Å². The maximum atomic E-state index is 12.4. The molecular formula is C21H25N5O2S. The average molecular weight is 412 g/mol. The van der Waals surface area contributed by atoms with Gasteiger partial charge < -0.3 is 15.8 Å². The summed E-state index contributed by atoms with van der Waals surface area (Å²) < 4.78 is 5.37. The number of nitrogen functional groups attached to an aromatic ring is 1. The second kappa shape index (κ2) is 8.57. The Labute approximate surface area is 174 Å². The summed E-state index contributed by atoms with van der Waals surface area (Å²) in [6.07, 6.45) is 0.878. The molecule has 0 fully saturated rings. The van der Waals surface area contributed by atoms with Crippen molar-refractivity contribution < 1.29 is 9.53 Å². The molecule has 0 aliphatic heterocycles. The predicted octanol–water partition coefficient (Wildman–Crippen LogP) is 4.00. The first-order valence-electron chi connectivity index (χ1n) is 9.29. The largest absolute Gasteiger partial charge is 0.496 e. The van der Waals surface area contributed by atoms with E-state index in [0.717, 1.165) is 45.1 Å². The van der Waals surface area contributed by atoms with E-state index in [0.29, 0.717) is 18.0 Å². The maximum Gasteiger partial charge on any atom is 0.226 e. The summed E-state index contributed by atoms with van der Waals surface area (Å²) in [5.74, 6) is 1.02. The normalized spacial score (nSPS) is 10.8. The van der Waals surface area contributed by atoms with Gasteiger partial charge in [-0.1, -0.05) is 0 Å². The number of aromatic nitrogens is 3. The van der Waals surface area contributed by atoms with E-state index in [1.807, 2.05) is 39.1 Å². The standard InChI is InChI=1S/C21H25N5O2S/c1-11-9-18(28-5)12(2)8-16(11)17-10-29-21(25-17)26-19(27)7-6-15-13(3)23-20(22)24-14(15)4/h8-10H,6-7H2,1-5H3,(H2,22,23,24)(H,25,26,27). The van der Waals surface area contributed by atoms with Crippen molar-refractivity contribution in [2.75, 3.05) is 18.2 Å². The second-order valence-electron chi connectivity index (χ2n) is 6.95. The molecule has 0 unspecified atom stereocenters. The van der Waals surface area contributed by atoms with Crippen LogP contribution >= 0.6 is 11.3 Å². The first kappa shape index (κ1) is 20.7. The van der Waals surface area contributed by atoms with Crippen molar-refractivity contribution in [1.82, 2.24) is 15.0 Å². The van der Waals surface area contributed by atoms with Gasteiger partial charge in [0.1, 0.15) is 5.75 Å². The van der Waals surface area contributed by atoms with Crippen molar-refractivity contribution in [3.8, 4) is 17.0 Å². The van der Waals surface area contributed by atoms with Crippen LogP contribution in [0.2, 0.25) is 0 Å². The Kier molecular flexibility index (Phi) is 6.12. The summed E-state index contributed by atoms with van der Waals surface area (Å²) in [6.45, 7) is 7.78. The SMILES string of the molecule is COc1cc(C)c(-c2csc(NC(=O)CCc3c(C)nc(N)nc3C)n2)cc1C. The summed E-state index contributed by atoms with van der Waals surface area (Å²) in [6, 6.07) is 4.06. The summed E-state index contributed by atoms with van der Waals surface area (Å²) in [5.41, 5.74) is 12.2. The lowest BCUT2D eigenvalue weighted by molar-refractivity contribution is -0.116. The Bertz CT molecular complexity index is 1040. The molecule has 0 saturated carbocycles. The van der Waals surface area contributed by atoms with Crippen LogP contribution in [0.3, 0.4) is 0 Å². The Balaban J connectivity index is 1.68. The molecule has 2 heterocycles. The van der Waals surface area contributed by atoms with Gasteiger partial charge in [-0.2, -0.15) is 0 Å². The van der Waals surface area contributed by atoms with E-state index in [4.69, 9.17) is 10.5 Å². The van der Waals surface area contributed by atoms with Crippen LogP contribution in [0.1, 0.15) is 34.5 Å². The smallest absolute Gasteiger partial charge is 0.226 e. The first-order chi connectivity index (χ1) is 13.8. The summed E-state index contributed by atoms with van der Waals surface area (Å²) in [4.78, 5) is 25.3. The number of nitrogens with two attached hydrogens (primary N) is 1. The molecule has 0 saturated heterocycles. The Morgan fingerprint density at radius 3 is 2.45 bits per heavy atom. The average Bonchev–Trinajstić information content (AvgIpc) is 3.10. The lowest BCUT2D eigenvalue weighted by Gasteiger charge is -2.10. The van der Waals surface area contributed by atoms with Crippen molar-refractivity contribution in [2.45, 2.75) is 40.5 Å². The fourth-order valence-corrected chi connectivity index (χ4v) is 4.01. The molecule has 1 amide bonds. The first-order valence-corrected chi connectivity index (χ1v) is 10.2. The van der Waals surface area contributed by atoms with Crippen molar-refractivity contribution in [3.05, 3.63) is 45.6 Å². The molecule has 1 aromatic carbocycles. The number of ether oxygens (including phenoxy) is 1. The number of carbonyl (C=O) groups is 1. The second-order valence-corrected chi connectivity index (χ2v) is 7.81. The van der Waals surface area contributed by atoms with Gasteiger partial charge in [-0.05, 0) is 62.9 Å². The molecule has 7 nitrogen and oxygen atoms in total. The molecule has 3 N–H and O–H groups in total. The molecule has 3 rings (SSSR count). The molecule has 8 heteroatoms. The van der Waals surface area contributed by atoms with Crippen molar-refractivity contribution in [3.63, 3.8) is 0 Å². The number of amides is 1. The third-order valence-electron chi connectivity index (χ3n) is 4.81. The zero-order valence-corrected chi connectivity index (χ0v) is 18.1. The molecule has 0 aliphatic carbocycles. The van der Waals surface area contributed by atoms with Gasteiger partial charge in [0.2, 0.25) is 11.9 Å². The summed E-state index contributed by atoms with van der Waals surface area (Å²) in [5, 5.41) is 5.42. The van der Waals surface area contributed by atoms with Gasteiger partial charge in [0.25, 0.3) is 0 Å². The minimum absolute atomic E-state index is 0.0934. The minimum Gasteiger partial charge on any atom is -0.496 e. The number of rotatable bonds is 6. The van der Waals surface area contributed by atoms with E-state index < -0.39 is 0 Å². The summed E-state index contributed by atoms with van der Waals surface area (Å²) in [7, 11) is 1.66. The summed E-state index contributed by atoms with van der Waals surface area (Å²) >= 11 is 1.41. The van der Waals surface area contributed by atoms with E-state index in [-0.39, 0.29) is 11.9 Å². The molecule has 0 aliphatic rings. The number of nitrogens with zero attached hydrogens (tertiary/aromatic N) is 3. The van der Waals surface area contributed by atoms with Gasteiger partial charge in [0.05, 0.1) is 12.8 Å². The molecule has 3 aromatic rings. The van der Waals surface area contributed by atoms with Crippen LogP contribution < -0.4 is 15.8 Å². The number of nitrogens with one attached hydrogen (secondary N) is 1. The lowest BCUT2D eigenvalue weighted by Crippen LogP contribution is -2.14. The van der Waals surface area contributed by atoms with Crippen molar-refractivity contribution in [2.24, 2.45) is 0 Å². The minimum atomic E-state index is -0.0934. The molecular weight excluding hydrogens is 386 g/mol. The Morgan fingerprint density at radius 1 is 1.10 bits per heavy atom. The monoisotopic (exact) mass is 411 g/mol. The molecule has 29 heavy (non-hydrogen) atoms. The predicted molar refractivity (Wildman–Crippen MR) is 116 cm³/mol. The van der Waals surface area contributed by atoms with Crippen LogP contribution in [-0.4, -0.2) is 28.0 Å². The van der Waals surface area contributed by atoms with Gasteiger partial charge >= 0.3 is 0 Å². The number of hydrogen-bond donors (Lipinski definition) is 2. The lowest BCUT2D eigenvalue weighted by atomic mass is 10.0. The van der Waals surface area contributed by atoms with E-state index >= 15 is 0 Å². The molecule has 0 atom stereocenters. The maximum absolute atomic E-state index is 12.4. The van der Waals surface area contributed by atoms with Crippen LogP contribution in [0.5, 0.6) is 5.75 Å². The zero-order valence-electron chi connectivity index (χ0n) is 17.3. The van der Waals surface area contributed by atoms with Gasteiger partial charge in [-0.25, -0.2) is 15.0 Å². The van der Waals surface area contributed by atoms with Crippen LogP contribution in [0.4, 0.5) is 11.1 Å². The number of benzene rings is 1. The van der Waals surface area contributed by atoms with Gasteiger partial charge in [-0.3, -0.25) is 4.79 Å². The number of aryl methyl sites for hydroxylation is 4. The molecule has 0 radical (unpaired) electrons. The fourth-order valence-electron chi connectivity index (χ4n) is 3.29. The van der Waals surface area contributed by atoms with E-state index in [1.54, 1.807) is 7.11 Å². The van der Waals surface area contributed by atoms with E-state index in [1.165, 1.54) is 11.3 Å². The number of thiazole rings is 1. The van der Waals surface area contributed by atoms with E-state index in [9.17, 15) is 4.79 Å². The number of anilines is 2. The highest BCUT2D eigenvalue weighted by atomic mass is 32.1. The molecule has 152 valence electrons. The molecule has 0 spiro atoms. The Hall–Kier alpha value is -3.00. The highest BCUT2D eigenvalue weighted by molar-refractivity contribution is 7.14. The topological polar surface area (TPSA) is 103 Å². The third kappa shape index (κ3) is 4.71.